The van der Waals surface area contributed by atoms with Crippen LogP contribution in [0, 0.1) is 0 Å². The summed E-state index contributed by atoms with van der Waals surface area (Å²) in [6.45, 7) is 5.66. The summed E-state index contributed by atoms with van der Waals surface area (Å²) in [7, 11) is 0. The first-order valence-electron chi connectivity index (χ1n) is 11.8. The summed E-state index contributed by atoms with van der Waals surface area (Å²) in [5, 5.41) is 12.6. The molecule has 0 fully saturated rings. The van der Waals surface area contributed by atoms with Crippen LogP contribution >= 0.6 is 11.6 Å². The van der Waals surface area contributed by atoms with E-state index in [1.54, 1.807) is 36.1 Å². The molecule has 8 heteroatoms. The van der Waals surface area contributed by atoms with Crippen LogP contribution in [-0.2, 0) is 16.0 Å². The third kappa shape index (κ3) is 9.61. The minimum Gasteiger partial charge on any atom is -0.492 e. The van der Waals surface area contributed by atoms with E-state index in [0.717, 1.165) is 31.2 Å². The van der Waals surface area contributed by atoms with E-state index in [2.05, 4.69) is 12.2 Å². The number of hydrogen-bond acceptors (Lipinski definition) is 4. The fourth-order valence-electron chi connectivity index (χ4n) is 3.43. The number of carboxylic acid groups (broad SMARTS) is 1. The molecule has 7 nitrogen and oxygen atoms in total. The lowest BCUT2D eigenvalue weighted by molar-refractivity contribution is -0.149. The van der Waals surface area contributed by atoms with E-state index >= 15 is 0 Å². The van der Waals surface area contributed by atoms with Crippen molar-refractivity contribution in [3.05, 3.63) is 59.1 Å². The van der Waals surface area contributed by atoms with E-state index in [1.807, 2.05) is 24.3 Å². The number of carbonyl (C=O) groups is 2. The Morgan fingerprint density at radius 1 is 1.03 bits per heavy atom. The van der Waals surface area contributed by atoms with Crippen LogP contribution in [0.1, 0.15) is 45.1 Å². The Kier molecular flexibility index (Phi) is 12.3. The number of carbonyl (C=O) groups excluding carboxylic acids is 1. The largest absolute Gasteiger partial charge is 0.492 e. The lowest BCUT2D eigenvalue weighted by atomic mass is 10.1. The van der Waals surface area contributed by atoms with E-state index in [-0.39, 0.29) is 12.5 Å². The molecule has 0 saturated heterocycles. The molecular weight excluding hydrogens is 456 g/mol. The first-order chi connectivity index (χ1) is 16.4. The molecule has 0 aliphatic carbocycles. The molecule has 34 heavy (non-hydrogen) atoms. The zero-order valence-electron chi connectivity index (χ0n) is 20.0. The summed E-state index contributed by atoms with van der Waals surface area (Å²) in [6.07, 6.45) is 3.67. The van der Waals surface area contributed by atoms with Crippen LogP contribution in [0.15, 0.2) is 48.5 Å². The third-order valence-electron chi connectivity index (χ3n) is 5.30. The van der Waals surface area contributed by atoms with E-state index in [1.165, 1.54) is 0 Å². The van der Waals surface area contributed by atoms with Crippen molar-refractivity contribution in [3.63, 3.8) is 0 Å². The number of nitrogens with one attached hydrogen (secondary N) is 1. The van der Waals surface area contributed by atoms with Crippen LogP contribution < -0.4 is 10.1 Å². The number of unbranched alkanes of at least 4 members (excludes halogenated alkanes) is 3. The summed E-state index contributed by atoms with van der Waals surface area (Å²) in [6, 6.07) is 14.2. The minimum atomic E-state index is -0.976. The third-order valence-corrected chi connectivity index (χ3v) is 5.63. The lowest BCUT2D eigenvalue weighted by Crippen LogP contribution is -2.38. The van der Waals surface area contributed by atoms with Gasteiger partial charge in [0.1, 0.15) is 12.4 Å². The van der Waals surface area contributed by atoms with Crippen molar-refractivity contribution in [1.29, 1.82) is 0 Å². The van der Waals surface area contributed by atoms with Crippen molar-refractivity contribution in [2.45, 2.75) is 52.1 Å². The van der Waals surface area contributed by atoms with Crippen molar-refractivity contribution in [1.82, 2.24) is 4.90 Å². The van der Waals surface area contributed by atoms with Crippen LogP contribution in [0.4, 0.5) is 10.5 Å². The topological polar surface area (TPSA) is 88.1 Å². The van der Waals surface area contributed by atoms with E-state index < -0.39 is 12.1 Å². The van der Waals surface area contributed by atoms with Gasteiger partial charge in [0.05, 0.1) is 17.3 Å². The molecule has 0 saturated carbocycles. The summed E-state index contributed by atoms with van der Waals surface area (Å²) in [4.78, 5) is 25.9. The Morgan fingerprint density at radius 3 is 2.41 bits per heavy atom. The highest BCUT2D eigenvalue weighted by Gasteiger charge is 2.18. The van der Waals surface area contributed by atoms with Gasteiger partial charge < -0.3 is 24.8 Å². The maximum Gasteiger partial charge on any atom is 0.333 e. The molecule has 2 aromatic carbocycles. The van der Waals surface area contributed by atoms with Crippen molar-refractivity contribution < 1.29 is 24.2 Å². The fraction of sp³-hybridized carbons (Fsp3) is 0.462. The van der Waals surface area contributed by atoms with E-state index in [0.29, 0.717) is 42.8 Å². The van der Waals surface area contributed by atoms with Gasteiger partial charge in [-0.2, -0.15) is 0 Å². The van der Waals surface area contributed by atoms with Crippen molar-refractivity contribution >= 4 is 29.3 Å². The minimum absolute atomic E-state index is 0.209. The van der Waals surface area contributed by atoms with Gasteiger partial charge in [-0.15, -0.1) is 0 Å². The SMILES string of the molecule is CCCCCCN(CCOc1ccc(CC(OCC)C(=O)O)cc1)C(=O)Nc1ccccc1Cl. The fourth-order valence-corrected chi connectivity index (χ4v) is 3.61. The van der Waals surface area contributed by atoms with Gasteiger partial charge in [-0.25, -0.2) is 9.59 Å². The van der Waals surface area contributed by atoms with Crippen LogP contribution in [0.2, 0.25) is 5.02 Å². The Morgan fingerprint density at radius 2 is 1.76 bits per heavy atom. The summed E-state index contributed by atoms with van der Waals surface area (Å²) < 4.78 is 11.1. The maximum absolute atomic E-state index is 12.9. The number of urea groups is 1. The first kappa shape index (κ1) is 27.5. The summed E-state index contributed by atoms with van der Waals surface area (Å²) >= 11 is 6.18. The Bertz CT molecular complexity index is 891. The molecule has 1 unspecified atom stereocenters. The van der Waals surface area contributed by atoms with Gasteiger partial charge in [0.2, 0.25) is 0 Å². The van der Waals surface area contributed by atoms with E-state index in [4.69, 9.17) is 21.1 Å². The predicted octanol–water partition coefficient (Wildman–Crippen LogP) is 5.87. The highest BCUT2D eigenvalue weighted by atomic mass is 35.5. The van der Waals surface area contributed by atoms with Gasteiger partial charge in [0, 0.05) is 19.6 Å². The molecule has 0 spiro atoms. The summed E-state index contributed by atoms with van der Waals surface area (Å²) in [5.41, 5.74) is 1.43. The van der Waals surface area contributed by atoms with Gasteiger partial charge in [-0.05, 0) is 43.2 Å². The quantitative estimate of drug-likeness (QED) is 0.305. The van der Waals surface area contributed by atoms with Gasteiger partial charge in [0.25, 0.3) is 0 Å². The normalized spacial score (nSPS) is 11.6. The van der Waals surface area contributed by atoms with Crippen LogP contribution in [0.5, 0.6) is 5.75 Å². The second-order valence-corrected chi connectivity index (χ2v) is 8.34. The van der Waals surface area contributed by atoms with Crippen LogP contribution in [0.25, 0.3) is 0 Å². The van der Waals surface area contributed by atoms with Crippen molar-refractivity contribution in [2.24, 2.45) is 0 Å². The molecular formula is C26H35ClN2O5. The van der Waals surface area contributed by atoms with Crippen LogP contribution in [0.3, 0.4) is 0 Å². The van der Waals surface area contributed by atoms with Gasteiger partial charge in [-0.3, -0.25) is 0 Å². The maximum atomic E-state index is 12.9. The smallest absolute Gasteiger partial charge is 0.333 e. The number of halogens is 1. The number of aliphatic carboxylic acids is 1. The van der Waals surface area contributed by atoms with Crippen molar-refractivity contribution in [3.8, 4) is 5.75 Å². The number of nitrogens with zero attached hydrogens (tertiary/aromatic N) is 1. The monoisotopic (exact) mass is 490 g/mol. The summed E-state index contributed by atoms with van der Waals surface area (Å²) in [5.74, 6) is -0.319. The number of hydrogen-bond donors (Lipinski definition) is 2. The van der Waals surface area contributed by atoms with Crippen molar-refractivity contribution in [2.75, 3.05) is 31.6 Å². The Hall–Kier alpha value is -2.77. The van der Waals surface area contributed by atoms with E-state index in [9.17, 15) is 14.7 Å². The predicted molar refractivity (Wildman–Crippen MR) is 135 cm³/mol. The molecule has 0 aliphatic heterocycles. The lowest BCUT2D eigenvalue weighted by Gasteiger charge is -2.23. The first-order valence-corrected chi connectivity index (χ1v) is 12.2. The molecule has 2 rings (SSSR count). The molecule has 0 aliphatic rings. The number of amides is 2. The van der Waals surface area contributed by atoms with Gasteiger partial charge in [-0.1, -0.05) is 62.1 Å². The Balaban J connectivity index is 1.91. The highest BCUT2D eigenvalue weighted by molar-refractivity contribution is 6.33. The highest BCUT2D eigenvalue weighted by Crippen LogP contribution is 2.21. The number of rotatable bonds is 15. The van der Waals surface area contributed by atoms with Crippen LogP contribution in [-0.4, -0.2) is 54.4 Å². The molecule has 2 aromatic rings. The molecule has 0 aromatic heterocycles. The number of carboxylic acids is 1. The molecule has 186 valence electrons. The second-order valence-electron chi connectivity index (χ2n) is 7.94. The Labute approximate surface area is 207 Å². The number of benzene rings is 2. The van der Waals surface area contributed by atoms with Gasteiger partial charge >= 0.3 is 12.0 Å². The molecule has 0 radical (unpaired) electrons. The van der Waals surface area contributed by atoms with Gasteiger partial charge in [0.15, 0.2) is 6.10 Å². The average molecular weight is 491 g/mol. The number of para-hydroxylation sites is 1. The molecule has 0 bridgehead atoms. The zero-order valence-corrected chi connectivity index (χ0v) is 20.7. The molecule has 2 amide bonds. The molecule has 1 atom stereocenters. The molecule has 2 N–H and O–H groups in total. The average Bonchev–Trinajstić information content (AvgIpc) is 2.82. The molecule has 0 heterocycles. The zero-order chi connectivity index (χ0) is 24.8. The standard InChI is InChI=1S/C26H35ClN2O5/c1-3-5-6-9-16-29(26(32)28-23-11-8-7-10-22(23)27)17-18-34-21-14-12-20(13-15-21)19-24(25(30)31)33-4-2/h7-8,10-15,24H,3-6,9,16-19H2,1-2H3,(H,28,32)(H,30,31). The number of ether oxygens (including phenoxy) is 2. The second kappa shape index (κ2) is 15.2. The number of anilines is 1.